The summed E-state index contributed by atoms with van der Waals surface area (Å²) in [4.78, 5) is 3.99. The Bertz CT molecular complexity index is 462. The minimum absolute atomic E-state index is 0.202. The van der Waals surface area contributed by atoms with Crippen LogP contribution in [0.4, 0.5) is 0 Å². The lowest BCUT2D eigenvalue weighted by Crippen LogP contribution is -2.53. The Morgan fingerprint density at radius 2 is 1.95 bits per heavy atom. The van der Waals surface area contributed by atoms with Crippen molar-refractivity contribution in [1.29, 1.82) is 0 Å². The van der Waals surface area contributed by atoms with Gasteiger partial charge in [-0.3, -0.25) is 0 Å². The normalized spacial score (nSPS) is 12.4. The number of aromatic nitrogens is 1. The number of pyridine rings is 1. The Hall–Kier alpha value is -0.815. The van der Waals surface area contributed by atoms with E-state index in [1.807, 2.05) is 6.92 Å². The van der Waals surface area contributed by atoms with Crippen LogP contribution in [0, 0.1) is 0 Å². The fourth-order valence-electron chi connectivity index (χ4n) is 1.35. The van der Waals surface area contributed by atoms with E-state index in [2.05, 4.69) is 4.98 Å². The van der Waals surface area contributed by atoms with E-state index in [0.717, 1.165) is 0 Å². The van der Waals surface area contributed by atoms with Gasteiger partial charge in [-0.1, -0.05) is 11.6 Å². The van der Waals surface area contributed by atoms with Gasteiger partial charge < -0.3 is 19.5 Å². The first kappa shape index (κ1) is 17.2. The van der Waals surface area contributed by atoms with Crippen LogP contribution in [-0.2, 0) is 4.65 Å². The number of nitrogens with zero attached hydrogens (tertiary/aromatic N) is 1. The van der Waals surface area contributed by atoms with Gasteiger partial charge in [-0.25, -0.2) is 4.98 Å². The zero-order chi connectivity index (χ0) is 15.6. The first-order valence-electron chi connectivity index (χ1n) is 6.45. The Balaban J connectivity index is 2.99. The van der Waals surface area contributed by atoms with Gasteiger partial charge in [-0.15, -0.1) is 0 Å². The third-order valence-electron chi connectivity index (χ3n) is 3.31. The molecular weight excluding hydrogens is 280 g/mol. The van der Waals surface area contributed by atoms with E-state index in [0.29, 0.717) is 12.1 Å². The van der Waals surface area contributed by atoms with Crippen LogP contribution in [0.15, 0.2) is 12.3 Å². The van der Waals surface area contributed by atoms with Crippen molar-refractivity contribution in [2.45, 2.75) is 45.8 Å². The minimum Gasteiger partial charge on any atom is -0.477 e. The molecule has 0 aliphatic carbocycles. The molecule has 1 heterocycles. The van der Waals surface area contributed by atoms with Gasteiger partial charge in [0.15, 0.2) is 0 Å². The van der Waals surface area contributed by atoms with Crippen molar-refractivity contribution in [1.82, 2.24) is 4.98 Å². The molecule has 0 spiro atoms. The average Bonchev–Trinajstić information content (AvgIpc) is 2.30. The van der Waals surface area contributed by atoms with Crippen molar-refractivity contribution in [3.05, 3.63) is 17.3 Å². The molecule has 0 aromatic carbocycles. The van der Waals surface area contributed by atoms with Crippen LogP contribution in [0.1, 0.15) is 34.6 Å². The summed E-state index contributed by atoms with van der Waals surface area (Å²) in [6.07, 6.45) is 1.48. The van der Waals surface area contributed by atoms with Crippen LogP contribution in [0.5, 0.6) is 5.88 Å². The van der Waals surface area contributed by atoms with Crippen LogP contribution in [0.2, 0.25) is 5.02 Å². The molecule has 1 aromatic heterocycles. The third-order valence-corrected chi connectivity index (χ3v) is 3.69. The van der Waals surface area contributed by atoms with Crippen LogP contribution < -0.4 is 10.2 Å². The quantitative estimate of drug-likeness (QED) is 0.777. The van der Waals surface area contributed by atoms with Crippen molar-refractivity contribution < 1.29 is 19.5 Å². The van der Waals surface area contributed by atoms with E-state index < -0.39 is 18.3 Å². The summed E-state index contributed by atoms with van der Waals surface area (Å²) in [7, 11) is -1.29. The van der Waals surface area contributed by atoms with E-state index >= 15 is 0 Å². The van der Waals surface area contributed by atoms with Crippen molar-refractivity contribution in [2.75, 3.05) is 6.61 Å². The predicted octanol–water partition coefficient (Wildman–Crippen LogP) is 1.39. The summed E-state index contributed by atoms with van der Waals surface area (Å²) >= 11 is 6.14. The first-order valence-corrected chi connectivity index (χ1v) is 6.83. The van der Waals surface area contributed by atoms with Crippen molar-refractivity contribution in [2.24, 2.45) is 0 Å². The lowest BCUT2D eigenvalue weighted by Gasteiger charge is -2.38. The fraction of sp³-hybridized carbons (Fsp3) is 0.615. The summed E-state index contributed by atoms with van der Waals surface area (Å²) in [6.45, 7) is 8.83. The monoisotopic (exact) mass is 301 g/mol. The lowest BCUT2D eigenvalue weighted by molar-refractivity contribution is -0.0982. The largest absolute Gasteiger partial charge is 0.493 e. The predicted molar refractivity (Wildman–Crippen MR) is 79.5 cm³/mol. The highest BCUT2D eigenvalue weighted by Crippen LogP contribution is 2.26. The molecule has 5 nitrogen and oxygen atoms in total. The maximum atomic E-state index is 10.2. The van der Waals surface area contributed by atoms with Crippen molar-refractivity contribution in [3.63, 3.8) is 0 Å². The van der Waals surface area contributed by atoms with Gasteiger partial charge in [0.1, 0.15) is 5.02 Å². The van der Waals surface area contributed by atoms with Gasteiger partial charge in [-0.2, -0.15) is 0 Å². The number of rotatable bonds is 6. The zero-order valence-corrected chi connectivity index (χ0v) is 13.2. The third kappa shape index (κ3) is 3.85. The SMILES string of the molecule is CCOc1nccc(B(O)OC(C)(C)C(C)(C)O)c1Cl. The molecule has 0 saturated carbocycles. The highest BCUT2D eigenvalue weighted by atomic mass is 35.5. The second kappa shape index (κ2) is 6.31. The van der Waals surface area contributed by atoms with Crippen molar-refractivity contribution in [3.8, 4) is 5.88 Å². The Morgan fingerprint density at radius 1 is 1.35 bits per heavy atom. The van der Waals surface area contributed by atoms with Crippen LogP contribution >= 0.6 is 11.6 Å². The summed E-state index contributed by atoms with van der Waals surface area (Å²) < 4.78 is 10.8. The molecule has 7 heteroatoms. The van der Waals surface area contributed by atoms with Crippen LogP contribution in [0.25, 0.3) is 0 Å². The summed E-state index contributed by atoms with van der Waals surface area (Å²) in [5.41, 5.74) is -1.75. The van der Waals surface area contributed by atoms with Crippen LogP contribution in [0.3, 0.4) is 0 Å². The van der Waals surface area contributed by atoms with E-state index in [-0.39, 0.29) is 10.9 Å². The lowest BCUT2D eigenvalue weighted by atomic mass is 9.77. The topological polar surface area (TPSA) is 71.8 Å². The highest BCUT2D eigenvalue weighted by Gasteiger charge is 2.40. The average molecular weight is 302 g/mol. The van der Waals surface area contributed by atoms with E-state index in [4.69, 9.17) is 21.0 Å². The molecule has 0 aliphatic rings. The van der Waals surface area contributed by atoms with E-state index in [1.165, 1.54) is 6.20 Å². The summed E-state index contributed by atoms with van der Waals surface area (Å²) in [6, 6.07) is 1.55. The zero-order valence-electron chi connectivity index (χ0n) is 12.5. The molecule has 0 unspecified atom stereocenters. The molecule has 0 atom stereocenters. The molecule has 0 aliphatic heterocycles. The van der Waals surface area contributed by atoms with Gasteiger partial charge in [0.25, 0.3) is 0 Å². The fourth-order valence-corrected chi connectivity index (χ4v) is 1.61. The van der Waals surface area contributed by atoms with Gasteiger partial charge in [0, 0.05) is 11.7 Å². The first-order chi connectivity index (χ1) is 9.10. The number of ether oxygens (including phenoxy) is 1. The maximum Gasteiger partial charge on any atom is 0.493 e. The molecule has 20 heavy (non-hydrogen) atoms. The second-order valence-electron chi connectivity index (χ2n) is 5.49. The summed E-state index contributed by atoms with van der Waals surface area (Å²) in [5, 5.41) is 20.4. The number of aliphatic hydroxyl groups is 1. The van der Waals surface area contributed by atoms with Gasteiger partial charge in [0.05, 0.1) is 17.8 Å². The molecule has 0 bridgehead atoms. The van der Waals surface area contributed by atoms with Gasteiger partial charge in [0.2, 0.25) is 5.88 Å². The van der Waals surface area contributed by atoms with Gasteiger partial charge >= 0.3 is 7.12 Å². The molecule has 0 fully saturated rings. The minimum atomic E-state index is -1.29. The number of hydrogen-bond donors (Lipinski definition) is 2. The molecule has 1 rings (SSSR count). The molecule has 112 valence electrons. The Morgan fingerprint density at radius 3 is 2.45 bits per heavy atom. The maximum absolute atomic E-state index is 10.2. The Labute approximate surface area is 125 Å². The van der Waals surface area contributed by atoms with Crippen molar-refractivity contribution >= 4 is 24.2 Å². The number of hydrogen-bond acceptors (Lipinski definition) is 5. The highest BCUT2D eigenvalue weighted by molar-refractivity contribution is 6.64. The molecule has 1 aromatic rings. The second-order valence-corrected chi connectivity index (χ2v) is 5.87. The standard InChI is InChI=1S/C13H21BClNO4/c1-6-19-11-10(15)9(7-8-16-11)14(18)20-13(4,5)12(2,3)17/h7-8,17-18H,6H2,1-5H3. The van der Waals surface area contributed by atoms with E-state index in [1.54, 1.807) is 33.8 Å². The molecule has 0 radical (unpaired) electrons. The Kier molecular flexibility index (Phi) is 5.43. The molecule has 0 amide bonds. The van der Waals surface area contributed by atoms with Gasteiger partial charge in [-0.05, 0) is 40.7 Å². The number of halogens is 1. The summed E-state index contributed by atoms with van der Waals surface area (Å²) in [5.74, 6) is 0.246. The van der Waals surface area contributed by atoms with Crippen LogP contribution in [-0.4, -0.2) is 40.0 Å². The molecule has 0 saturated heterocycles. The molecule has 2 N–H and O–H groups in total. The van der Waals surface area contributed by atoms with E-state index in [9.17, 15) is 10.1 Å². The smallest absolute Gasteiger partial charge is 0.477 e. The molecular formula is C13H21BClNO4.